The lowest BCUT2D eigenvalue weighted by atomic mass is 9.85. The second kappa shape index (κ2) is 8.60. The van der Waals surface area contributed by atoms with Gasteiger partial charge in [0.05, 0.1) is 0 Å². The van der Waals surface area contributed by atoms with Crippen molar-refractivity contribution >= 4 is 34.7 Å². The van der Waals surface area contributed by atoms with E-state index in [2.05, 4.69) is 27.8 Å². The fourth-order valence-corrected chi connectivity index (χ4v) is 4.40. The summed E-state index contributed by atoms with van der Waals surface area (Å²) < 4.78 is 0.918. The summed E-state index contributed by atoms with van der Waals surface area (Å²) in [6.07, 6.45) is 3.01. The number of piperidine rings is 1. The second-order valence-corrected chi connectivity index (χ2v) is 8.32. The van der Waals surface area contributed by atoms with Gasteiger partial charge in [-0.1, -0.05) is 30.0 Å². The third kappa shape index (κ3) is 5.03. The molecular weight excluding hydrogens is 340 g/mol. The first kappa shape index (κ1) is 17.4. The number of benzene rings is 1. The molecule has 1 aromatic heterocycles. The average molecular weight is 363 g/mol. The topological polar surface area (TPSA) is 66.9 Å². The van der Waals surface area contributed by atoms with Gasteiger partial charge in [0.25, 0.3) is 0 Å². The fourth-order valence-electron chi connectivity index (χ4n) is 2.95. The molecule has 0 spiro atoms. The van der Waals surface area contributed by atoms with Crippen molar-refractivity contribution in [1.29, 1.82) is 0 Å². The minimum atomic E-state index is 0.0950. The molecule has 1 fully saturated rings. The fraction of sp³-hybridized carbons (Fsp3) is 0.471. The van der Waals surface area contributed by atoms with E-state index >= 15 is 0 Å². The van der Waals surface area contributed by atoms with Crippen LogP contribution in [0, 0.1) is 11.8 Å². The van der Waals surface area contributed by atoms with Crippen molar-refractivity contribution in [2.45, 2.75) is 35.4 Å². The van der Waals surface area contributed by atoms with E-state index in [1.807, 2.05) is 24.3 Å². The highest BCUT2D eigenvalue weighted by molar-refractivity contribution is 8.01. The largest absolute Gasteiger partial charge is 0.326 e. The monoisotopic (exact) mass is 362 g/mol. The molecule has 2 heterocycles. The van der Waals surface area contributed by atoms with E-state index in [0.717, 1.165) is 28.0 Å². The van der Waals surface area contributed by atoms with Gasteiger partial charge in [-0.2, -0.15) is 0 Å². The predicted octanol–water partition coefficient (Wildman–Crippen LogP) is 3.65. The van der Waals surface area contributed by atoms with Crippen LogP contribution in [0.1, 0.15) is 26.2 Å². The summed E-state index contributed by atoms with van der Waals surface area (Å²) in [4.78, 5) is 13.3. The van der Waals surface area contributed by atoms with Gasteiger partial charge in [-0.15, -0.1) is 10.2 Å². The summed E-state index contributed by atoms with van der Waals surface area (Å²) in [5.41, 5.74) is 2.57. The molecule has 5 nitrogen and oxygen atoms in total. The molecule has 2 atom stereocenters. The Morgan fingerprint density at radius 3 is 2.96 bits per heavy atom. The number of amides is 1. The zero-order valence-corrected chi connectivity index (χ0v) is 15.3. The molecule has 2 aromatic rings. The summed E-state index contributed by atoms with van der Waals surface area (Å²) in [5, 5.41) is 14.3. The van der Waals surface area contributed by atoms with Crippen LogP contribution in [0.15, 0.2) is 39.0 Å². The quantitative estimate of drug-likeness (QED) is 0.821. The van der Waals surface area contributed by atoms with Gasteiger partial charge in [-0.05, 0) is 62.0 Å². The third-order valence-corrected chi connectivity index (χ3v) is 6.12. The van der Waals surface area contributed by atoms with E-state index in [0.29, 0.717) is 18.3 Å². The molecule has 2 N–H and O–H groups in total. The van der Waals surface area contributed by atoms with E-state index < -0.39 is 0 Å². The first-order chi connectivity index (χ1) is 11.7. The maximum Gasteiger partial charge on any atom is 0.224 e. The van der Waals surface area contributed by atoms with Gasteiger partial charge in [-0.3, -0.25) is 4.79 Å². The van der Waals surface area contributed by atoms with Crippen molar-refractivity contribution in [3.63, 3.8) is 0 Å². The van der Waals surface area contributed by atoms with Crippen LogP contribution in [-0.2, 0) is 4.79 Å². The van der Waals surface area contributed by atoms with Crippen molar-refractivity contribution in [1.82, 2.24) is 15.5 Å². The number of nitrogens with zero attached hydrogens (tertiary/aromatic N) is 2. The van der Waals surface area contributed by atoms with Crippen molar-refractivity contribution in [3.05, 3.63) is 29.8 Å². The maximum atomic E-state index is 12.3. The molecule has 1 aliphatic rings. The minimum absolute atomic E-state index is 0.0950. The molecular formula is C17H22N4OS2. The molecule has 1 aliphatic heterocycles. The molecule has 1 saturated heterocycles. The van der Waals surface area contributed by atoms with Crippen molar-refractivity contribution in [2.24, 2.45) is 11.8 Å². The molecule has 24 heavy (non-hydrogen) atoms. The smallest absolute Gasteiger partial charge is 0.224 e. The highest BCUT2D eigenvalue weighted by atomic mass is 32.2. The van der Waals surface area contributed by atoms with Gasteiger partial charge < -0.3 is 10.6 Å². The van der Waals surface area contributed by atoms with Gasteiger partial charge in [0, 0.05) is 17.0 Å². The van der Waals surface area contributed by atoms with Gasteiger partial charge >= 0.3 is 0 Å². The first-order valence-corrected chi connectivity index (χ1v) is 9.95. The van der Waals surface area contributed by atoms with Crippen LogP contribution >= 0.6 is 23.1 Å². The number of hydrogen-bond acceptors (Lipinski definition) is 6. The Morgan fingerprint density at radius 1 is 1.46 bits per heavy atom. The van der Waals surface area contributed by atoms with Crippen LogP contribution < -0.4 is 10.6 Å². The number of rotatable bonds is 6. The standard InChI is InChI=1S/C17H22N4OS2/c1-12(13-3-2-8-18-10-13)9-16(22)20-14-4-6-15(7-5-14)24-17-21-19-11-23-17/h4-7,11-13,18H,2-3,8-10H2,1H3,(H,20,22). The van der Waals surface area contributed by atoms with Crippen molar-refractivity contribution < 1.29 is 4.79 Å². The molecule has 2 unspecified atom stereocenters. The molecule has 0 aliphatic carbocycles. The first-order valence-electron chi connectivity index (χ1n) is 8.25. The maximum absolute atomic E-state index is 12.3. The van der Waals surface area contributed by atoms with Crippen LogP contribution in [0.5, 0.6) is 0 Å². The zero-order chi connectivity index (χ0) is 16.8. The lowest BCUT2D eigenvalue weighted by Crippen LogP contribution is -2.34. The Kier molecular flexibility index (Phi) is 6.23. The molecule has 1 aromatic carbocycles. The third-order valence-electron chi connectivity index (χ3n) is 4.33. The lowest BCUT2D eigenvalue weighted by molar-refractivity contribution is -0.117. The Balaban J connectivity index is 1.48. The average Bonchev–Trinajstić information content (AvgIpc) is 3.10. The summed E-state index contributed by atoms with van der Waals surface area (Å²) in [6.45, 7) is 4.32. The van der Waals surface area contributed by atoms with E-state index in [-0.39, 0.29) is 5.91 Å². The summed E-state index contributed by atoms with van der Waals surface area (Å²) in [5.74, 6) is 1.11. The predicted molar refractivity (Wildman–Crippen MR) is 98.5 cm³/mol. The van der Waals surface area contributed by atoms with Gasteiger partial charge in [0.1, 0.15) is 5.51 Å². The molecule has 0 saturated carbocycles. The van der Waals surface area contributed by atoms with E-state index in [1.54, 1.807) is 17.3 Å². The number of nitrogens with one attached hydrogen (secondary N) is 2. The number of carbonyl (C=O) groups is 1. The summed E-state index contributed by atoms with van der Waals surface area (Å²) in [6, 6.07) is 7.87. The molecule has 128 valence electrons. The molecule has 1 amide bonds. The number of anilines is 1. The van der Waals surface area contributed by atoms with Gasteiger partial charge in [0.2, 0.25) is 5.91 Å². The molecule has 7 heteroatoms. The summed E-state index contributed by atoms with van der Waals surface area (Å²) >= 11 is 3.10. The van der Waals surface area contributed by atoms with E-state index in [9.17, 15) is 4.79 Å². The van der Waals surface area contributed by atoms with Gasteiger partial charge in [-0.25, -0.2) is 0 Å². The Bertz CT molecular complexity index is 639. The number of hydrogen-bond donors (Lipinski definition) is 2. The Morgan fingerprint density at radius 2 is 2.29 bits per heavy atom. The second-order valence-electron chi connectivity index (χ2n) is 6.17. The molecule has 0 bridgehead atoms. The van der Waals surface area contributed by atoms with Crippen LogP contribution in [0.2, 0.25) is 0 Å². The van der Waals surface area contributed by atoms with Crippen LogP contribution in [0.4, 0.5) is 5.69 Å². The number of aromatic nitrogens is 2. The normalized spacial score (nSPS) is 19.0. The van der Waals surface area contributed by atoms with Crippen LogP contribution in [0.3, 0.4) is 0 Å². The van der Waals surface area contributed by atoms with E-state index in [1.165, 1.54) is 24.2 Å². The lowest BCUT2D eigenvalue weighted by Gasteiger charge is -2.28. The SMILES string of the molecule is CC(CC(=O)Nc1ccc(Sc2nncs2)cc1)C1CCCNC1. The van der Waals surface area contributed by atoms with Crippen molar-refractivity contribution in [2.75, 3.05) is 18.4 Å². The molecule has 0 radical (unpaired) electrons. The highest BCUT2D eigenvalue weighted by Gasteiger charge is 2.22. The van der Waals surface area contributed by atoms with Gasteiger partial charge in [0.15, 0.2) is 4.34 Å². The van der Waals surface area contributed by atoms with E-state index in [4.69, 9.17) is 0 Å². The Labute approximate surface area is 150 Å². The van der Waals surface area contributed by atoms with Crippen LogP contribution in [0.25, 0.3) is 0 Å². The summed E-state index contributed by atoms with van der Waals surface area (Å²) in [7, 11) is 0. The zero-order valence-electron chi connectivity index (χ0n) is 13.7. The highest BCUT2D eigenvalue weighted by Crippen LogP contribution is 2.29. The Hall–Kier alpha value is -1.44. The van der Waals surface area contributed by atoms with Crippen molar-refractivity contribution in [3.8, 4) is 0 Å². The molecule has 3 rings (SSSR count). The number of carbonyl (C=O) groups excluding carboxylic acids is 1. The van der Waals surface area contributed by atoms with Crippen LogP contribution in [-0.4, -0.2) is 29.2 Å². The minimum Gasteiger partial charge on any atom is -0.326 e.